The average Bonchev–Trinajstić information content (AvgIpc) is 4.03. The van der Waals surface area contributed by atoms with Crippen LogP contribution >= 0.6 is 0 Å². The predicted molar refractivity (Wildman–Crippen MR) is 250 cm³/mol. The number of benzene rings is 1. The van der Waals surface area contributed by atoms with Crippen molar-refractivity contribution in [1.29, 1.82) is 0 Å². The summed E-state index contributed by atoms with van der Waals surface area (Å²) >= 11 is 0. The van der Waals surface area contributed by atoms with Crippen molar-refractivity contribution in [3.05, 3.63) is 87.6 Å². The van der Waals surface area contributed by atoms with Crippen LogP contribution in [0.1, 0.15) is 76.3 Å². The number of hydrogen-bond acceptors (Lipinski definition) is 12. The Bertz CT molecular complexity index is 2860. The largest absolute Gasteiger partial charge is 0.492 e. The van der Waals surface area contributed by atoms with E-state index in [0.29, 0.717) is 88.7 Å². The molecule has 66 heavy (non-hydrogen) atoms. The Kier molecular flexibility index (Phi) is 15.1. The molecule has 0 bridgehead atoms. The van der Waals surface area contributed by atoms with E-state index in [1.807, 2.05) is 33.0 Å². The zero-order valence-corrected chi connectivity index (χ0v) is 38.1. The lowest BCUT2D eigenvalue weighted by molar-refractivity contribution is -0.123. The van der Waals surface area contributed by atoms with Gasteiger partial charge in [0.1, 0.15) is 40.4 Å². The van der Waals surface area contributed by atoms with Crippen LogP contribution in [0.4, 0.5) is 11.9 Å². The highest BCUT2D eigenvalue weighted by molar-refractivity contribution is 6.04. The van der Waals surface area contributed by atoms with E-state index in [4.69, 9.17) is 42.4 Å². The summed E-state index contributed by atoms with van der Waals surface area (Å²) in [4.78, 5) is 66.7. The zero-order valence-electron chi connectivity index (χ0n) is 38.1. The van der Waals surface area contributed by atoms with Crippen molar-refractivity contribution in [3.63, 3.8) is 0 Å². The van der Waals surface area contributed by atoms with Gasteiger partial charge >= 0.3 is 0 Å². The van der Waals surface area contributed by atoms with E-state index < -0.39 is 29.0 Å². The van der Waals surface area contributed by atoms with Gasteiger partial charge in [0, 0.05) is 38.2 Å². The Morgan fingerprint density at radius 3 is 2.03 bits per heavy atom. The summed E-state index contributed by atoms with van der Waals surface area (Å²) in [7, 11) is 1.84. The molecule has 0 saturated heterocycles. The lowest BCUT2D eigenvalue weighted by atomic mass is 9.82. The Hall–Kier alpha value is -7.75. The number of amides is 4. The fourth-order valence-corrected chi connectivity index (χ4v) is 7.45. The number of guanidine groups is 1. The highest BCUT2D eigenvalue weighted by atomic mass is 16.5. The normalized spacial score (nSPS) is 14.7. The highest BCUT2D eigenvalue weighted by Gasteiger charge is 2.35. The molecule has 0 saturated carbocycles. The summed E-state index contributed by atoms with van der Waals surface area (Å²) in [6.07, 6.45) is 9.63. The van der Waals surface area contributed by atoms with Gasteiger partial charge < -0.3 is 46.9 Å². The van der Waals surface area contributed by atoms with Gasteiger partial charge in [0.05, 0.1) is 40.8 Å². The van der Waals surface area contributed by atoms with Crippen LogP contribution < -0.4 is 54.3 Å². The maximum Gasteiger partial charge on any atom is 0.276 e. The number of imidazole rings is 2. The molecule has 5 aromatic rings. The number of allylic oxidation sites excluding steroid dienone is 2. The number of primary amides is 2. The van der Waals surface area contributed by atoms with Crippen LogP contribution in [0.25, 0.3) is 22.9 Å². The second kappa shape index (κ2) is 20.8. The van der Waals surface area contributed by atoms with Crippen LogP contribution in [0.2, 0.25) is 0 Å². The highest BCUT2D eigenvalue weighted by Crippen LogP contribution is 2.32. The van der Waals surface area contributed by atoms with Crippen molar-refractivity contribution in [1.82, 2.24) is 44.0 Å². The van der Waals surface area contributed by atoms with E-state index in [9.17, 15) is 19.2 Å². The van der Waals surface area contributed by atoms with Crippen LogP contribution in [0, 0.1) is 19.3 Å². The summed E-state index contributed by atoms with van der Waals surface area (Å²) in [6, 6.07) is 6.49. The summed E-state index contributed by atoms with van der Waals surface area (Å²) < 4.78 is 19.3. The fourth-order valence-electron chi connectivity index (χ4n) is 7.45. The third kappa shape index (κ3) is 10.8. The van der Waals surface area contributed by atoms with Crippen molar-refractivity contribution in [2.75, 3.05) is 44.0 Å². The van der Waals surface area contributed by atoms with Crippen molar-refractivity contribution in [3.8, 4) is 5.75 Å². The molecule has 0 fully saturated rings. The van der Waals surface area contributed by atoms with Gasteiger partial charge in [0.25, 0.3) is 11.8 Å². The van der Waals surface area contributed by atoms with Gasteiger partial charge in [0.2, 0.25) is 23.7 Å². The van der Waals surface area contributed by atoms with E-state index in [0.717, 1.165) is 0 Å². The monoisotopic (exact) mass is 906 g/mol. The smallest absolute Gasteiger partial charge is 0.276 e. The number of aromatic nitrogens is 8. The first-order valence-electron chi connectivity index (χ1n) is 21.5. The summed E-state index contributed by atoms with van der Waals surface area (Å²) in [5.41, 5.74) is 24.5. The number of carbonyl (C=O) groups is 4. The molecule has 4 amide bonds. The molecule has 1 aliphatic rings. The van der Waals surface area contributed by atoms with Crippen molar-refractivity contribution in [2.24, 2.45) is 33.3 Å². The van der Waals surface area contributed by atoms with Crippen LogP contribution in [0.5, 0.6) is 5.75 Å². The molecule has 6 rings (SSSR count). The molecule has 1 aliphatic carbocycles. The maximum atomic E-state index is 13.9. The molecular formula is C44H58N16O6. The summed E-state index contributed by atoms with van der Waals surface area (Å²) in [5.74, 6) is -1.09. The molecular weight excluding hydrogens is 849 g/mol. The number of hydrogen-bond donors (Lipinski definition) is 7. The Morgan fingerprint density at radius 2 is 1.45 bits per heavy atom. The number of nitrogens with one attached hydrogen (secondary N) is 3. The standard InChI is InChI=1S/C44H58N16O6/c1-7-59-31(20-26(3)55-59)38(62)53-42-51-29-22-28(37(45)61)23-33(65-19-13-14-49-6)35(29)57(42)16-10-11-17-58-36-30(52-43(58)54-39(63)32-21-27(4)56-60(32)8-2)24-44(5,40(46)64)25-34(36)66-18-12-9-15-50-41(47)48/h9-12,20-24,49H,7-8,13-19,25H2,1-6H3,(H2,45,61)(H2,46,64)(H4,47,48,50)(H,51,53,62)(H,52,54,63)/b11-10+,12-9+. The lowest BCUT2D eigenvalue weighted by Crippen LogP contribution is -2.44. The molecule has 4 aromatic heterocycles. The van der Waals surface area contributed by atoms with Crippen molar-refractivity contribution < 1.29 is 28.7 Å². The number of nitrogens with two attached hydrogens (primary N) is 4. The predicted octanol–water partition coefficient (Wildman–Crippen LogP) is 0.761. The second-order valence-corrected chi connectivity index (χ2v) is 15.8. The fraction of sp³-hybridized carbons (Fsp3) is 0.386. The maximum absolute atomic E-state index is 13.9. The first-order chi connectivity index (χ1) is 31.6. The Labute approximate surface area is 380 Å². The van der Waals surface area contributed by atoms with Crippen LogP contribution in [0.15, 0.2) is 53.6 Å². The molecule has 11 N–H and O–H groups in total. The van der Waals surface area contributed by atoms with Gasteiger partial charge in [-0.2, -0.15) is 10.2 Å². The second-order valence-electron chi connectivity index (χ2n) is 15.8. The summed E-state index contributed by atoms with van der Waals surface area (Å²) in [5, 5.41) is 18.8. The number of aliphatic imine (C=N–C) groups is 1. The molecule has 0 aliphatic heterocycles. The minimum Gasteiger partial charge on any atom is -0.492 e. The van der Waals surface area contributed by atoms with Crippen LogP contribution in [-0.4, -0.2) is 102 Å². The van der Waals surface area contributed by atoms with Gasteiger partial charge in [-0.25, -0.2) is 15.0 Å². The van der Waals surface area contributed by atoms with Gasteiger partial charge in [-0.05, 0) is 91.0 Å². The number of aryl methyl sites for hydroxylation is 4. The molecule has 0 spiro atoms. The van der Waals surface area contributed by atoms with Gasteiger partial charge in [-0.3, -0.25) is 39.2 Å². The molecule has 1 atom stereocenters. The first-order valence-corrected chi connectivity index (χ1v) is 21.5. The number of carbonyl (C=O) groups excluding carboxylic acids is 4. The third-order valence-electron chi connectivity index (χ3n) is 10.7. The van der Waals surface area contributed by atoms with E-state index in [2.05, 4.69) is 31.1 Å². The van der Waals surface area contributed by atoms with E-state index in [-0.39, 0.29) is 56.1 Å². The Balaban J connectivity index is 1.44. The van der Waals surface area contributed by atoms with Gasteiger partial charge in [0.15, 0.2) is 5.96 Å². The Morgan fingerprint density at radius 1 is 0.833 bits per heavy atom. The molecule has 1 aromatic carbocycles. The molecule has 350 valence electrons. The molecule has 22 nitrogen and oxygen atoms in total. The number of nitrogens with zero attached hydrogens (tertiary/aromatic N) is 9. The molecule has 1 unspecified atom stereocenters. The lowest BCUT2D eigenvalue weighted by Gasteiger charge is -2.26. The third-order valence-corrected chi connectivity index (χ3v) is 10.7. The average molecular weight is 907 g/mol. The van der Waals surface area contributed by atoms with Crippen LogP contribution in [0.3, 0.4) is 0 Å². The first kappa shape index (κ1) is 47.7. The number of ether oxygens (including phenoxy) is 2. The molecule has 0 radical (unpaired) electrons. The number of rotatable bonds is 22. The van der Waals surface area contributed by atoms with E-state index in [1.54, 1.807) is 81.8 Å². The number of fused-ring (bicyclic) bond motifs is 2. The minimum atomic E-state index is -1.17. The summed E-state index contributed by atoms with van der Waals surface area (Å²) in [6.45, 7) is 11.6. The van der Waals surface area contributed by atoms with E-state index >= 15 is 0 Å². The topological polar surface area (TPSA) is 311 Å². The minimum absolute atomic E-state index is 0.0492. The zero-order chi connectivity index (χ0) is 47.7. The van der Waals surface area contributed by atoms with Crippen molar-refractivity contribution >= 4 is 64.4 Å². The quantitative estimate of drug-likeness (QED) is 0.0219. The number of anilines is 2. The molecule has 22 heteroatoms. The van der Waals surface area contributed by atoms with Crippen molar-refractivity contribution in [2.45, 2.75) is 73.6 Å². The van der Waals surface area contributed by atoms with Gasteiger partial charge in [-0.15, -0.1) is 0 Å². The van der Waals surface area contributed by atoms with E-state index in [1.165, 1.54) is 0 Å². The molecule has 4 heterocycles. The van der Waals surface area contributed by atoms with Gasteiger partial charge in [-0.1, -0.05) is 18.2 Å². The SMILES string of the molecule is CCn1nc(C)cc1C(=O)Nc1nc2c(n1C/C=C/Cn1c(NC(=O)c3cc(C)nn3CC)nc3cc(C(N)=O)cc(OCCCNC)c31)=C(OC/C=C/CN=C(N)N)CC(C)(C(N)=O)C=2. The van der Waals surface area contributed by atoms with Crippen LogP contribution in [-0.2, 0) is 35.7 Å².